The quantitative estimate of drug-likeness (QED) is 0.473. The van der Waals surface area contributed by atoms with Crippen molar-refractivity contribution in [2.45, 2.75) is 5.16 Å². The van der Waals surface area contributed by atoms with Crippen LogP contribution in [0.3, 0.4) is 0 Å². The molecular formula is C16H11Cl2F2N5OS. The maximum Gasteiger partial charge on any atom is 0.234 e. The van der Waals surface area contributed by atoms with Gasteiger partial charge in [-0.3, -0.25) is 4.79 Å². The fourth-order valence-electron chi connectivity index (χ4n) is 2.13. The number of nitrogens with zero attached hydrogens (tertiary/aromatic N) is 3. The molecule has 3 N–H and O–H groups in total. The van der Waals surface area contributed by atoms with Crippen LogP contribution in [0.5, 0.6) is 0 Å². The summed E-state index contributed by atoms with van der Waals surface area (Å²) < 4.78 is 27.3. The molecule has 1 amide bonds. The van der Waals surface area contributed by atoms with Gasteiger partial charge >= 0.3 is 0 Å². The molecule has 11 heteroatoms. The van der Waals surface area contributed by atoms with Crippen LogP contribution in [-0.4, -0.2) is 26.5 Å². The molecule has 0 spiro atoms. The zero-order chi connectivity index (χ0) is 19.6. The van der Waals surface area contributed by atoms with E-state index in [1.165, 1.54) is 10.7 Å². The monoisotopic (exact) mass is 429 g/mol. The number of nitrogen functional groups attached to an aromatic ring is 1. The van der Waals surface area contributed by atoms with E-state index in [0.717, 1.165) is 23.9 Å². The summed E-state index contributed by atoms with van der Waals surface area (Å²) in [5.41, 5.74) is 0.636. The van der Waals surface area contributed by atoms with Crippen LogP contribution in [-0.2, 0) is 4.79 Å². The highest BCUT2D eigenvalue weighted by atomic mass is 35.5. The first-order chi connectivity index (χ1) is 12.8. The maximum absolute atomic E-state index is 13.2. The van der Waals surface area contributed by atoms with Gasteiger partial charge < -0.3 is 11.2 Å². The van der Waals surface area contributed by atoms with E-state index in [1.54, 1.807) is 18.2 Å². The molecule has 3 rings (SSSR count). The molecule has 27 heavy (non-hydrogen) atoms. The maximum atomic E-state index is 13.2. The van der Waals surface area contributed by atoms with Crippen LogP contribution in [0.25, 0.3) is 11.4 Å². The molecule has 0 radical (unpaired) electrons. The van der Waals surface area contributed by atoms with E-state index in [1.807, 2.05) is 0 Å². The van der Waals surface area contributed by atoms with Crippen molar-refractivity contribution in [3.63, 3.8) is 0 Å². The zero-order valence-electron chi connectivity index (χ0n) is 13.4. The predicted octanol–water partition coefficient (Wildman–Crippen LogP) is 3.97. The number of aromatic nitrogens is 3. The van der Waals surface area contributed by atoms with Gasteiger partial charge in [0.1, 0.15) is 0 Å². The van der Waals surface area contributed by atoms with Gasteiger partial charge in [0.2, 0.25) is 11.1 Å². The van der Waals surface area contributed by atoms with Gasteiger partial charge in [-0.1, -0.05) is 35.0 Å². The van der Waals surface area contributed by atoms with Gasteiger partial charge in [0, 0.05) is 22.3 Å². The summed E-state index contributed by atoms with van der Waals surface area (Å²) in [6.07, 6.45) is 0. The van der Waals surface area contributed by atoms with Crippen LogP contribution in [0.4, 0.5) is 14.5 Å². The van der Waals surface area contributed by atoms with Gasteiger partial charge in [-0.2, -0.15) is 0 Å². The normalized spacial score (nSPS) is 10.8. The molecule has 0 saturated carbocycles. The minimum absolute atomic E-state index is 0.0718. The smallest absolute Gasteiger partial charge is 0.234 e. The molecule has 0 bridgehead atoms. The Bertz CT molecular complexity index is 1010. The summed E-state index contributed by atoms with van der Waals surface area (Å²) in [6.45, 7) is 0. The summed E-state index contributed by atoms with van der Waals surface area (Å²) in [5.74, 6) is 3.69. The Balaban J connectivity index is 1.68. The van der Waals surface area contributed by atoms with Crippen molar-refractivity contribution in [1.29, 1.82) is 0 Å². The Morgan fingerprint density at radius 1 is 1.15 bits per heavy atom. The molecule has 140 valence electrons. The van der Waals surface area contributed by atoms with Crippen LogP contribution in [0, 0.1) is 11.6 Å². The lowest BCUT2D eigenvalue weighted by Gasteiger charge is -2.07. The molecule has 1 heterocycles. The highest BCUT2D eigenvalue weighted by Crippen LogP contribution is 2.30. The van der Waals surface area contributed by atoms with Crippen molar-refractivity contribution < 1.29 is 13.6 Å². The number of benzene rings is 2. The number of amides is 1. The summed E-state index contributed by atoms with van der Waals surface area (Å²) in [6, 6.07) is 7.91. The summed E-state index contributed by atoms with van der Waals surface area (Å²) in [7, 11) is 0. The number of anilines is 1. The Kier molecular flexibility index (Phi) is 5.83. The van der Waals surface area contributed by atoms with Crippen LogP contribution >= 0.6 is 35.0 Å². The van der Waals surface area contributed by atoms with E-state index in [4.69, 9.17) is 29.0 Å². The molecule has 0 saturated heterocycles. The highest BCUT2D eigenvalue weighted by molar-refractivity contribution is 7.99. The number of carbonyl (C=O) groups excluding carboxylic acids is 1. The number of thioether (sulfide) groups is 1. The van der Waals surface area contributed by atoms with Gasteiger partial charge in [-0.25, -0.2) is 13.5 Å². The van der Waals surface area contributed by atoms with Crippen LogP contribution in [0.1, 0.15) is 0 Å². The molecule has 0 aliphatic heterocycles. The van der Waals surface area contributed by atoms with Gasteiger partial charge in [0.15, 0.2) is 17.5 Å². The van der Waals surface area contributed by atoms with Crippen molar-refractivity contribution in [3.05, 3.63) is 58.1 Å². The number of hydrogen-bond acceptors (Lipinski definition) is 5. The lowest BCUT2D eigenvalue weighted by Crippen LogP contribution is -2.16. The first-order valence-corrected chi connectivity index (χ1v) is 9.13. The van der Waals surface area contributed by atoms with E-state index < -0.39 is 17.5 Å². The van der Waals surface area contributed by atoms with Gasteiger partial charge in [-0.05, 0) is 30.3 Å². The lowest BCUT2D eigenvalue weighted by molar-refractivity contribution is -0.113. The van der Waals surface area contributed by atoms with Crippen molar-refractivity contribution >= 4 is 46.6 Å². The minimum Gasteiger partial charge on any atom is -0.335 e. The average Bonchev–Trinajstić information content (AvgIpc) is 2.99. The Morgan fingerprint density at radius 3 is 2.67 bits per heavy atom. The Labute approximate surface area is 166 Å². The second-order valence-electron chi connectivity index (χ2n) is 5.27. The third-order valence-corrected chi connectivity index (χ3v) is 4.88. The van der Waals surface area contributed by atoms with Crippen LogP contribution in [0.2, 0.25) is 10.0 Å². The molecule has 3 aromatic rings. The molecular weight excluding hydrogens is 419 g/mol. The van der Waals surface area contributed by atoms with Crippen LogP contribution in [0.15, 0.2) is 41.6 Å². The molecule has 0 aliphatic carbocycles. The average molecular weight is 430 g/mol. The van der Waals surface area contributed by atoms with Gasteiger partial charge in [0.05, 0.1) is 10.8 Å². The highest BCUT2D eigenvalue weighted by Gasteiger charge is 2.16. The summed E-state index contributed by atoms with van der Waals surface area (Å²) in [5, 5.41) is 11.5. The van der Waals surface area contributed by atoms with Gasteiger partial charge in [0.25, 0.3) is 0 Å². The van der Waals surface area contributed by atoms with E-state index in [0.29, 0.717) is 15.6 Å². The van der Waals surface area contributed by atoms with E-state index in [-0.39, 0.29) is 22.4 Å². The summed E-state index contributed by atoms with van der Waals surface area (Å²) in [4.78, 5) is 12.0. The van der Waals surface area contributed by atoms with E-state index >= 15 is 0 Å². The van der Waals surface area contributed by atoms with E-state index in [9.17, 15) is 13.6 Å². The van der Waals surface area contributed by atoms with Crippen molar-refractivity contribution in [2.24, 2.45) is 0 Å². The largest absolute Gasteiger partial charge is 0.335 e. The van der Waals surface area contributed by atoms with Crippen molar-refractivity contribution in [2.75, 3.05) is 16.9 Å². The standard InChI is InChI=1S/C16H11Cl2F2N5OS/c17-8-1-3-11(18)10(5-8)15-23-24-16(25(15)21)27-7-14(26)22-9-2-4-12(19)13(20)6-9/h1-6H,7,21H2,(H,22,26). The zero-order valence-corrected chi connectivity index (χ0v) is 15.7. The molecule has 0 fully saturated rings. The fourth-order valence-corrected chi connectivity index (χ4v) is 3.16. The number of nitrogens with two attached hydrogens (primary N) is 1. The lowest BCUT2D eigenvalue weighted by atomic mass is 10.2. The Morgan fingerprint density at radius 2 is 1.93 bits per heavy atom. The topological polar surface area (TPSA) is 85.8 Å². The first-order valence-electron chi connectivity index (χ1n) is 7.39. The first kappa shape index (κ1) is 19.4. The fraction of sp³-hybridized carbons (Fsp3) is 0.0625. The second-order valence-corrected chi connectivity index (χ2v) is 7.05. The molecule has 1 aromatic heterocycles. The predicted molar refractivity (Wildman–Crippen MR) is 101 cm³/mol. The second kappa shape index (κ2) is 8.12. The van der Waals surface area contributed by atoms with Crippen molar-refractivity contribution in [3.8, 4) is 11.4 Å². The molecule has 6 nitrogen and oxygen atoms in total. The Hall–Kier alpha value is -2.36. The van der Waals surface area contributed by atoms with Crippen molar-refractivity contribution in [1.82, 2.24) is 14.9 Å². The van der Waals surface area contributed by atoms with E-state index in [2.05, 4.69) is 15.5 Å². The molecule has 0 aliphatic rings. The third kappa shape index (κ3) is 4.49. The number of carbonyl (C=O) groups is 1. The molecule has 0 unspecified atom stereocenters. The number of halogens is 4. The molecule has 0 atom stereocenters. The number of rotatable bonds is 5. The number of nitrogens with one attached hydrogen (secondary N) is 1. The van der Waals surface area contributed by atoms with Crippen LogP contribution < -0.4 is 11.2 Å². The minimum atomic E-state index is -1.05. The summed E-state index contributed by atoms with van der Waals surface area (Å²) >= 11 is 13.1. The number of hydrogen-bond donors (Lipinski definition) is 2. The molecule has 2 aromatic carbocycles. The SMILES string of the molecule is Nn1c(SCC(=O)Nc2ccc(F)c(F)c2)nnc1-c1cc(Cl)ccc1Cl. The third-order valence-electron chi connectivity index (χ3n) is 3.37. The van der Waals surface area contributed by atoms with Gasteiger partial charge in [-0.15, -0.1) is 10.2 Å².